The van der Waals surface area contributed by atoms with Crippen LogP contribution >= 0.6 is 15.9 Å². The van der Waals surface area contributed by atoms with Crippen LogP contribution in [0.5, 0.6) is 5.75 Å². The molecule has 116 valence electrons. The van der Waals surface area contributed by atoms with Crippen molar-refractivity contribution in [1.29, 1.82) is 0 Å². The third-order valence-corrected chi connectivity index (χ3v) is 3.93. The quantitative estimate of drug-likeness (QED) is 0.597. The van der Waals surface area contributed by atoms with E-state index in [2.05, 4.69) is 20.9 Å². The van der Waals surface area contributed by atoms with Crippen LogP contribution in [0.25, 0.3) is 6.08 Å². The number of rotatable bonds is 4. The van der Waals surface area contributed by atoms with E-state index in [4.69, 9.17) is 9.47 Å². The lowest BCUT2D eigenvalue weighted by atomic mass is 10.1. The Hall–Kier alpha value is -2.40. The summed E-state index contributed by atoms with van der Waals surface area (Å²) in [6, 6.07) is 15.0. The fourth-order valence-electron chi connectivity index (χ4n) is 2.19. The summed E-state index contributed by atoms with van der Waals surface area (Å²) in [6.07, 6.45) is 1.68. The van der Waals surface area contributed by atoms with Gasteiger partial charge in [-0.25, -0.2) is 9.79 Å². The van der Waals surface area contributed by atoms with Crippen LogP contribution in [0.2, 0.25) is 0 Å². The first-order valence-corrected chi connectivity index (χ1v) is 7.97. The van der Waals surface area contributed by atoms with Crippen molar-refractivity contribution in [2.75, 3.05) is 6.61 Å². The van der Waals surface area contributed by atoms with Crippen molar-refractivity contribution in [2.45, 2.75) is 6.92 Å². The Kier molecular flexibility index (Phi) is 4.57. The molecule has 0 saturated heterocycles. The molecule has 2 aromatic carbocycles. The maximum atomic E-state index is 12.1. The van der Waals surface area contributed by atoms with Crippen molar-refractivity contribution < 1.29 is 14.3 Å². The molecule has 3 rings (SSSR count). The molecular weight excluding hydrogens is 358 g/mol. The van der Waals surface area contributed by atoms with Gasteiger partial charge in [-0.2, -0.15) is 0 Å². The standard InChI is InChI=1S/C18H14BrNO3/c1-2-22-16-10-6-3-7-12(16)11-15-18(21)23-17(20-15)13-8-4-5-9-14(13)19/h3-11H,2H2,1H3/b15-11-. The van der Waals surface area contributed by atoms with Crippen molar-refractivity contribution in [1.82, 2.24) is 0 Å². The van der Waals surface area contributed by atoms with Gasteiger partial charge < -0.3 is 9.47 Å². The number of carbonyl (C=O) groups excluding carboxylic acids is 1. The summed E-state index contributed by atoms with van der Waals surface area (Å²) in [7, 11) is 0. The van der Waals surface area contributed by atoms with Gasteiger partial charge in [-0.05, 0) is 47.1 Å². The Morgan fingerprint density at radius 2 is 1.91 bits per heavy atom. The van der Waals surface area contributed by atoms with E-state index in [0.717, 1.165) is 15.6 Å². The van der Waals surface area contributed by atoms with E-state index < -0.39 is 5.97 Å². The summed E-state index contributed by atoms with van der Waals surface area (Å²) < 4.78 is 11.7. The predicted molar refractivity (Wildman–Crippen MR) is 92.4 cm³/mol. The number of carbonyl (C=O) groups is 1. The number of ether oxygens (including phenoxy) is 2. The summed E-state index contributed by atoms with van der Waals surface area (Å²) >= 11 is 3.43. The molecule has 0 atom stereocenters. The van der Waals surface area contributed by atoms with E-state index in [1.165, 1.54) is 0 Å². The predicted octanol–water partition coefficient (Wildman–Crippen LogP) is 4.19. The highest BCUT2D eigenvalue weighted by molar-refractivity contribution is 9.10. The normalized spacial score (nSPS) is 15.5. The van der Waals surface area contributed by atoms with Crippen LogP contribution in [0.15, 0.2) is 63.7 Å². The van der Waals surface area contributed by atoms with Gasteiger partial charge >= 0.3 is 5.97 Å². The van der Waals surface area contributed by atoms with Gasteiger partial charge in [0.05, 0.1) is 12.2 Å². The molecule has 23 heavy (non-hydrogen) atoms. The Bertz CT molecular complexity index is 811. The number of halogens is 1. The molecule has 5 heteroatoms. The zero-order valence-corrected chi connectivity index (χ0v) is 14.0. The minimum absolute atomic E-state index is 0.253. The summed E-state index contributed by atoms with van der Waals surface area (Å²) in [5, 5.41) is 0. The molecule has 1 aliphatic heterocycles. The average Bonchev–Trinajstić information content (AvgIpc) is 2.91. The van der Waals surface area contributed by atoms with Gasteiger partial charge in [-0.3, -0.25) is 0 Å². The molecule has 4 nitrogen and oxygen atoms in total. The van der Waals surface area contributed by atoms with Gasteiger partial charge in [0.1, 0.15) is 5.75 Å². The lowest BCUT2D eigenvalue weighted by Crippen LogP contribution is -2.05. The van der Waals surface area contributed by atoms with E-state index >= 15 is 0 Å². The van der Waals surface area contributed by atoms with Crippen LogP contribution in [0.4, 0.5) is 0 Å². The number of hydrogen-bond acceptors (Lipinski definition) is 4. The van der Waals surface area contributed by atoms with Crippen LogP contribution < -0.4 is 4.74 Å². The van der Waals surface area contributed by atoms with Gasteiger partial charge in [-0.15, -0.1) is 0 Å². The molecule has 0 spiro atoms. The third-order valence-electron chi connectivity index (χ3n) is 3.24. The van der Waals surface area contributed by atoms with Crippen LogP contribution in [-0.4, -0.2) is 18.5 Å². The first-order chi connectivity index (χ1) is 11.2. The SMILES string of the molecule is CCOc1ccccc1/C=C1\N=C(c2ccccc2Br)OC1=O. The number of benzene rings is 2. The van der Waals surface area contributed by atoms with Gasteiger partial charge in [0, 0.05) is 10.0 Å². The van der Waals surface area contributed by atoms with E-state index in [1.54, 1.807) is 6.08 Å². The lowest BCUT2D eigenvalue weighted by Gasteiger charge is -2.06. The van der Waals surface area contributed by atoms with Gasteiger partial charge in [0.25, 0.3) is 0 Å². The zero-order valence-electron chi connectivity index (χ0n) is 12.5. The number of cyclic esters (lactones) is 1. The topological polar surface area (TPSA) is 47.9 Å². The molecule has 0 aromatic heterocycles. The van der Waals surface area contributed by atoms with Crippen LogP contribution in [-0.2, 0) is 9.53 Å². The molecule has 0 fully saturated rings. The van der Waals surface area contributed by atoms with E-state index in [9.17, 15) is 4.79 Å². The smallest absolute Gasteiger partial charge is 0.363 e. The molecule has 0 bridgehead atoms. The summed E-state index contributed by atoms with van der Waals surface area (Å²) in [4.78, 5) is 16.4. The Balaban J connectivity index is 1.98. The molecule has 0 unspecified atom stereocenters. The van der Waals surface area contributed by atoms with E-state index in [1.807, 2.05) is 55.5 Å². The fourth-order valence-corrected chi connectivity index (χ4v) is 2.65. The molecule has 0 amide bonds. The number of nitrogens with zero attached hydrogens (tertiary/aromatic N) is 1. The number of hydrogen-bond donors (Lipinski definition) is 0. The molecule has 2 aromatic rings. The number of para-hydroxylation sites is 1. The Labute approximate surface area is 142 Å². The van der Waals surface area contributed by atoms with Gasteiger partial charge in [-0.1, -0.05) is 30.3 Å². The molecule has 0 saturated carbocycles. The lowest BCUT2D eigenvalue weighted by molar-refractivity contribution is -0.129. The molecule has 0 N–H and O–H groups in total. The first-order valence-electron chi connectivity index (χ1n) is 7.18. The minimum Gasteiger partial charge on any atom is -0.493 e. The van der Waals surface area contributed by atoms with Crippen LogP contribution in [0, 0.1) is 0 Å². The first kappa shape index (κ1) is 15.5. The highest BCUT2D eigenvalue weighted by Gasteiger charge is 2.25. The second-order valence-electron chi connectivity index (χ2n) is 4.79. The highest BCUT2D eigenvalue weighted by atomic mass is 79.9. The Morgan fingerprint density at radius 3 is 2.70 bits per heavy atom. The van der Waals surface area contributed by atoms with Crippen molar-refractivity contribution in [3.05, 3.63) is 69.8 Å². The monoisotopic (exact) mass is 371 g/mol. The van der Waals surface area contributed by atoms with Crippen LogP contribution in [0.3, 0.4) is 0 Å². The molecule has 0 aliphatic carbocycles. The van der Waals surface area contributed by atoms with Gasteiger partial charge in [0.15, 0.2) is 5.70 Å². The Morgan fingerprint density at radius 1 is 1.17 bits per heavy atom. The van der Waals surface area contributed by atoms with E-state index in [0.29, 0.717) is 18.3 Å². The maximum absolute atomic E-state index is 12.1. The summed E-state index contributed by atoms with van der Waals surface area (Å²) in [5.41, 5.74) is 1.78. The molecule has 0 radical (unpaired) electrons. The van der Waals surface area contributed by atoms with Crippen molar-refractivity contribution >= 4 is 33.9 Å². The van der Waals surface area contributed by atoms with E-state index in [-0.39, 0.29) is 5.70 Å². The number of aliphatic imine (C=N–C) groups is 1. The second-order valence-corrected chi connectivity index (χ2v) is 5.64. The maximum Gasteiger partial charge on any atom is 0.363 e. The molecule has 1 aliphatic rings. The van der Waals surface area contributed by atoms with Crippen molar-refractivity contribution in [3.8, 4) is 5.75 Å². The summed E-state index contributed by atoms with van der Waals surface area (Å²) in [6.45, 7) is 2.47. The number of esters is 1. The minimum atomic E-state index is -0.470. The third kappa shape index (κ3) is 3.35. The summed E-state index contributed by atoms with van der Waals surface area (Å²) in [5.74, 6) is 0.532. The van der Waals surface area contributed by atoms with Crippen molar-refractivity contribution in [3.63, 3.8) is 0 Å². The van der Waals surface area contributed by atoms with Crippen LogP contribution in [0.1, 0.15) is 18.1 Å². The fraction of sp³-hybridized carbons (Fsp3) is 0.111. The zero-order chi connectivity index (χ0) is 16.2. The molecule has 1 heterocycles. The van der Waals surface area contributed by atoms with Crippen molar-refractivity contribution in [2.24, 2.45) is 4.99 Å². The highest BCUT2D eigenvalue weighted by Crippen LogP contribution is 2.26. The largest absolute Gasteiger partial charge is 0.493 e. The average molecular weight is 372 g/mol. The van der Waals surface area contributed by atoms with Gasteiger partial charge in [0.2, 0.25) is 5.90 Å². The second kappa shape index (κ2) is 6.79. The molecular formula is C18H14BrNO3.